The number of hydrogen-bond acceptors (Lipinski definition) is 5. The van der Waals surface area contributed by atoms with Gasteiger partial charge in [-0.2, -0.15) is 14.9 Å². The molecule has 3 aromatic heterocycles. The molecule has 9 heteroatoms. The Morgan fingerprint density at radius 2 is 1.81 bits per heavy atom. The minimum absolute atomic E-state index is 0.0111. The third kappa shape index (κ3) is 4.36. The largest absolute Gasteiger partial charge is 0.310 e. The summed E-state index contributed by atoms with van der Waals surface area (Å²) in [4.78, 5) is 21.8. The zero-order valence-corrected chi connectivity index (χ0v) is 19.2. The van der Waals surface area contributed by atoms with Crippen LogP contribution in [0.2, 0.25) is 5.02 Å². The van der Waals surface area contributed by atoms with Crippen molar-refractivity contribution in [1.29, 1.82) is 0 Å². The fourth-order valence-electron chi connectivity index (χ4n) is 3.85. The molecule has 0 aliphatic rings. The maximum absolute atomic E-state index is 13.0. The van der Waals surface area contributed by atoms with Gasteiger partial charge in [0.15, 0.2) is 11.5 Å². The van der Waals surface area contributed by atoms with Crippen molar-refractivity contribution in [1.82, 2.24) is 29.5 Å². The Bertz CT molecular complexity index is 1220. The van der Waals surface area contributed by atoms with Gasteiger partial charge in [0.05, 0.1) is 23.0 Å². The number of rotatable bonds is 8. The monoisotopic (exact) mass is 451 g/mol. The van der Waals surface area contributed by atoms with Crippen LogP contribution in [-0.2, 0) is 4.79 Å². The highest BCUT2D eigenvalue weighted by Gasteiger charge is 2.21. The van der Waals surface area contributed by atoms with E-state index in [0.29, 0.717) is 22.3 Å². The zero-order valence-electron chi connectivity index (χ0n) is 18.4. The second-order valence-electron chi connectivity index (χ2n) is 7.81. The lowest BCUT2D eigenvalue weighted by molar-refractivity contribution is -0.120. The smallest absolute Gasteiger partial charge is 0.228 e. The predicted octanol–water partition coefficient (Wildman–Crippen LogP) is 5.12. The van der Waals surface area contributed by atoms with E-state index >= 15 is 0 Å². The Balaban J connectivity index is 1.72. The molecule has 0 bridgehead atoms. The summed E-state index contributed by atoms with van der Waals surface area (Å²) in [6.45, 7) is 6.08. The highest BCUT2D eigenvalue weighted by Crippen LogP contribution is 2.25. The zero-order chi connectivity index (χ0) is 22.7. The van der Waals surface area contributed by atoms with Crippen LogP contribution in [0.1, 0.15) is 45.2 Å². The van der Waals surface area contributed by atoms with E-state index < -0.39 is 0 Å². The van der Waals surface area contributed by atoms with E-state index in [4.69, 9.17) is 11.6 Å². The average molecular weight is 452 g/mol. The molecular formula is C23H26ClN7O. The van der Waals surface area contributed by atoms with Crippen molar-refractivity contribution < 1.29 is 4.79 Å². The van der Waals surface area contributed by atoms with E-state index in [9.17, 15) is 4.79 Å². The molecule has 166 valence electrons. The van der Waals surface area contributed by atoms with E-state index in [1.54, 1.807) is 27.7 Å². The number of carbonyl (C=O) groups excluding carboxylic acids is 1. The van der Waals surface area contributed by atoms with Gasteiger partial charge < -0.3 is 5.32 Å². The van der Waals surface area contributed by atoms with Gasteiger partial charge in [0, 0.05) is 17.0 Å². The Labute approximate surface area is 191 Å². The molecule has 4 aromatic rings. The molecule has 0 aliphatic carbocycles. The third-order valence-electron chi connectivity index (χ3n) is 5.34. The van der Waals surface area contributed by atoms with Gasteiger partial charge in [-0.1, -0.05) is 38.3 Å². The summed E-state index contributed by atoms with van der Waals surface area (Å²) in [5.41, 5.74) is 2.25. The van der Waals surface area contributed by atoms with Crippen molar-refractivity contribution in [2.24, 2.45) is 5.92 Å². The summed E-state index contributed by atoms with van der Waals surface area (Å²) in [6, 6.07) is 9.22. The van der Waals surface area contributed by atoms with E-state index in [0.717, 1.165) is 42.5 Å². The summed E-state index contributed by atoms with van der Waals surface area (Å²) < 4.78 is 3.38. The minimum Gasteiger partial charge on any atom is -0.310 e. The fraction of sp³-hybridized carbons (Fsp3) is 0.348. The second kappa shape index (κ2) is 9.48. The standard InChI is InChI=1S/C23H26ClN7O/c1-4-6-16(7-5-2)23(32)28-20-12-15(3)29-31(20)22-19-13-27-30(21(19)25-14-26-22)18-10-8-17(24)9-11-18/h8-14,16H,4-7H2,1-3H3,(H,28,32). The van der Waals surface area contributed by atoms with Gasteiger partial charge in [-0.05, 0) is 44.0 Å². The van der Waals surface area contributed by atoms with Crippen LogP contribution < -0.4 is 5.32 Å². The van der Waals surface area contributed by atoms with Crippen LogP contribution in [0.25, 0.3) is 22.5 Å². The molecule has 0 spiro atoms. The third-order valence-corrected chi connectivity index (χ3v) is 5.60. The van der Waals surface area contributed by atoms with Crippen molar-refractivity contribution >= 4 is 34.4 Å². The highest BCUT2D eigenvalue weighted by atomic mass is 35.5. The van der Waals surface area contributed by atoms with Crippen LogP contribution >= 0.6 is 11.6 Å². The number of nitrogens with one attached hydrogen (secondary N) is 1. The lowest BCUT2D eigenvalue weighted by atomic mass is 9.97. The van der Waals surface area contributed by atoms with Crippen LogP contribution in [0.4, 0.5) is 5.82 Å². The number of hydrogen-bond donors (Lipinski definition) is 1. The molecule has 0 atom stereocenters. The van der Waals surface area contributed by atoms with Gasteiger partial charge in [0.25, 0.3) is 0 Å². The van der Waals surface area contributed by atoms with Crippen molar-refractivity contribution in [3.63, 3.8) is 0 Å². The molecule has 4 rings (SSSR count). The first-order chi connectivity index (χ1) is 15.5. The summed E-state index contributed by atoms with van der Waals surface area (Å²) in [5.74, 6) is 1.13. The van der Waals surface area contributed by atoms with Gasteiger partial charge in [-0.25, -0.2) is 14.6 Å². The maximum atomic E-state index is 13.0. The Morgan fingerprint density at radius 3 is 2.50 bits per heavy atom. The molecule has 1 amide bonds. The van der Waals surface area contributed by atoms with Crippen molar-refractivity contribution in [3.8, 4) is 11.5 Å². The Hall–Kier alpha value is -3.26. The van der Waals surface area contributed by atoms with Gasteiger partial charge in [0.1, 0.15) is 12.1 Å². The van der Waals surface area contributed by atoms with Gasteiger partial charge in [-0.15, -0.1) is 0 Å². The number of anilines is 1. The van der Waals surface area contributed by atoms with Crippen molar-refractivity contribution in [3.05, 3.63) is 53.6 Å². The topological polar surface area (TPSA) is 90.5 Å². The first kappa shape index (κ1) is 22.0. The predicted molar refractivity (Wildman–Crippen MR) is 125 cm³/mol. The summed E-state index contributed by atoms with van der Waals surface area (Å²) in [6.07, 6.45) is 6.83. The second-order valence-corrected chi connectivity index (χ2v) is 8.25. The molecule has 0 saturated heterocycles. The van der Waals surface area contributed by atoms with Crippen molar-refractivity contribution in [2.45, 2.75) is 46.5 Å². The van der Waals surface area contributed by atoms with Crippen LogP contribution in [0, 0.1) is 12.8 Å². The van der Waals surface area contributed by atoms with Crippen LogP contribution in [-0.4, -0.2) is 35.4 Å². The number of nitrogens with zero attached hydrogens (tertiary/aromatic N) is 6. The molecule has 0 radical (unpaired) electrons. The summed E-state index contributed by atoms with van der Waals surface area (Å²) in [7, 11) is 0. The van der Waals surface area contributed by atoms with Crippen molar-refractivity contribution in [2.75, 3.05) is 5.32 Å². The molecule has 0 fully saturated rings. The van der Waals surface area contributed by atoms with Gasteiger partial charge >= 0.3 is 0 Å². The number of carbonyl (C=O) groups is 1. The quantitative estimate of drug-likeness (QED) is 0.401. The van der Waals surface area contributed by atoms with Crippen LogP contribution in [0.15, 0.2) is 42.9 Å². The molecule has 0 unspecified atom stereocenters. The number of benzene rings is 1. The van der Waals surface area contributed by atoms with E-state index in [1.807, 2.05) is 25.1 Å². The fourth-order valence-corrected chi connectivity index (χ4v) is 3.98. The average Bonchev–Trinajstić information content (AvgIpc) is 3.37. The molecule has 1 N–H and O–H groups in total. The summed E-state index contributed by atoms with van der Waals surface area (Å²) >= 11 is 6.02. The molecule has 1 aromatic carbocycles. The van der Waals surface area contributed by atoms with E-state index in [-0.39, 0.29) is 11.8 Å². The van der Waals surface area contributed by atoms with Crippen LogP contribution in [0.3, 0.4) is 0 Å². The van der Waals surface area contributed by atoms with E-state index in [2.05, 4.69) is 39.3 Å². The molecule has 8 nitrogen and oxygen atoms in total. The number of aryl methyl sites for hydroxylation is 1. The molecule has 0 saturated carbocycles. The number of amides is 1. The molecule has 3 heterocycles. The van der Waals surface area contributed by atoms with Gasteiger partial charge in [-0.3, -0.25) is 4.79 Å². The maximum Gasteiger partial charge on any atom is 0.228 e. The molecular weight excluding hydrogens is 426 g/mol. The first-order valence-electron chi connectivity index (χ1n) is 10.8. The van der Waals surface area contributed by atoms with Gasteiger partial charge in [0.2, 0.25) is 5.91 Å². The lowest BCUT2D eigenvalue weighted by Gasteiger charge is -2.16. The molecule has 32 heavy (non-hydrogen) atoms. The number of aromatic nitrogens is 6. The normalized spacial score (nSPS) is 11.4. The first-order valence-corrected chi connectivity index (χ1v) is 11.2. The SMILES string of the molecule is CCCC(CCC)C(=O)Nc1cc(C)nn1-c1ncnc2c1cnn2-c1ccc(Cl)cc1. The van der Waals surface area contributed by atoms with Crippen LogP contribution in [0.5, 0.6) is 0 Å². The lowest BCUT2D eigenvalue weighted by Crippen LogP contribution is -2.24. The molecule has 0 aliphatic heterocycles. The number of halogens is 1. The number of fused-ring (bicyclic) bond motifs is 1. The highest BCUT2D eigenvalue weighted by molar-refractivity contribution is 6.30. The Morgan fingerprint density at radius 1 is 1.09 bits per heavy atom. The minimum atomic E-state index is -0.0215. The summed E-state index contributed by atoms with van der Waals surface area (Å²) in [5, 5.41) is 13.5. The van der Waals surface area contributed by atoms with E-state index in [1.165, 1.54) is 6.33 Å². The Kier molecular flexibility index (Phi) is 6.50.